The van der Waals surface area contributed by atoms with E-state index in [1.54, 1.807) is 24.3 Å². The highest BCUT2D eigenvalue weighted by Crippen LogP contribution is 2.30. The lowest BCUT2D eigenvalue weighted by Gasteiger charge is -2.15. The van der Waals surface area contributed by atoms with Gasteiger partial charge >= 0.3 is 0 Å². The summed E-state index contributed by atoms with van der Waals surface area (Å²) in [5.41, 5.74) is 3.15. The third-order valence-corrected chi connectivity index (χ3v) is 6.35. The number of hydrogen-bond donors (Lipinski definition) is 1. The first-order chi connectivity index (χ1) is 13.9. The minimum absolute atomic E-state index is 0.0906. The monoisotopic (exact) mass is 418 g/mol. The van der Waals surface area contributed by atoms with Gasteiger partial charge in [0.2, 0.25) is 10.0 Å². The Morgan fingerprint density at radius 3 is 2.52 bits per heavy atom. The highest BCUT2D eigenvalue weighted by molar-refractivity contribution is 7.89. The molecule has 0 amide bonds. The zero-order valence-electron chi connectivity index (χ0n) is 15.9. The molecule has 3 rings (SSSR count). The van der Waals surface area contributed by atoms with Gasteiger partial charge in [0, 0.05) is 19.2 Å². The highest BCUT2D eigenvalue weighted by atomic mass is 32.2. The molecule has 0 bridgehead atoms. The quantitative estimate of drug-likeness (QED) is 0.400. The second kappa shape index (κ2) is 9.01. The first-order valence-electron chi connectivity index (χ1n) is 9.22. The van der Waals surface area contributed by atoms with E-state index in [4.69, 9.17) is 4.74 Å². The van der Waals surface area contributed by atoms with Gasteiger partial charge in [0.05, 0.1) is 22.6 Å². The summed E-state index contributed by atoms with van der Waals surface area (Å²) in [7, 11) is -3.73. The largest absolute Gasteiger partial charge is 0.494 e. The Labute approximate surface area is 169 Å². The second-order valence-corrected chi connectivity index (χ2v) is 8.36. The Hall–Kier alpha value is -2.98. The van der Waals surface area contributed by atoms with Gasteiger partial charge in [-0.1, -0.05) is 0 Å². The number of hydrogen-bond acceptors (Lipinski definition) is 7. The molecule has 154 valence electrons. The zero-order chi connectivity index (χ0) is 20.9. The average molecular weight is 418 g/mol. The number of hydrazone groups is 1. The maximum Gasteiger partial charge on any atom is 0.295 e. The molecule has 0 spiro atoms. The number of ether oxygens (including phenoxy) is 1. The molecule has 29 heavy (non-hydrogen) atoms. The fraction of sp³-hybridized carbons (Fsp3) is 0.316. The molecule has 1 heterocycles. The van der Waals surface area contributed by atoms with Gasteiger partial charge in [0.15, 0.2) is 0 Å². The van der Waals surface area contributed by atoms with Crippen LogP contribution in [0.2, 0.25) is 0 Å². The summed E-state index contributed by atoms with van der Waals surface area (Å²) in [6, 6.07) is 11.0. The van der Waals surface area contributed by atoms with E-state index in [0.717, 1.165) is 30.2 Å². The topological polar surface area (TPSA) is 114 Å². The van der Waals surface area contributed by atoms with Crippen LogP contribution in [0.5, 0.6) is 5.75 Å². The summed E-state index contributed by atoms with van der Waals surface area (Å²) in [5.74, 6) is 0.739. The summed E-state index contributed by atoms with van der Waals surface area (Å²) < 4.78 is 32.0. The van der Waals surface area contributed by atoms with Crippen LogP contribution in [-0.4, -0.2) is 43.6 Å². The molecule has 0 radical (unpaired) electrons. The lowest BCUT2D eigenvalue weighted by Crippen LogP contribution is -2.27. The first-order valence-corrected chi connectivity index (χ1v) is 10.7. The van der Waals surface area contributed by atoms with Crippen molar-refractivity contribution in [3.05, 3.63) is 58.1 Å². The van der Waals surface area contributed by atoms with Gasteiger partial charge in [-0.05, 0) is 61.7 Å². The van der Waals surface area contributed by atoms with Gasteiger partial charge in [-0.15, -0.1) is 0 Å². The molecule has 9 nitrogen and oxygen atoms in total. The van der Waals surface area contributed by atoms with Crippen molar-refractivity contribution in [3.63, 3.8) is 0 Å². The highest BCUT2D eigenvalue weighted by Gasteiger charge is 2.29. The third kappa shape index (κ3) is 4.90. The van der Waals surface area contributed by atoms with Crippen molar-refractivity contribution in [2.45, 2.75) is 24.7 Å². The number of benzene rings is 2. The van der Waals surface area contributed by atoms with Crippen molar-refractivity contribution < 1.29 is 18.1 Å². The van der Waals surface area contributed by atoms with E-state index < -0.39 is 14.9 Å². The molecular formula is C19H22N4O5S. The number of rotatable bonds is 8. The van der Waals surface area contributed by atoms with Gasteiger partial charge < -0.3 is 4.74 Å². The summed E-state index contributed by atoms with van der Waals surface area (Å²) in [6.45, 7) is 3.33. The number of anilines is 1. The number of nitrogens with zero attached hydrogens (tertiary/aromatic N) is 3. The molecule has 0 unspecified atom stereocenters. The van der Waals surface area contributed by atoms with Gasteiger partial charge in [0.25, 0.3) is 5.69 Å². The number of nitro benzene ring substituents is 1. The fourth-order valence-electron chi connectivity index (χ4n) is 2.99. The molecule has 1 aliphatic rings. The van der Waals surface area contributed by atoms with Gasteiger partial charge in [-0.25, -0.2) is 8.42 Å². The predicted octanol–water partition coefficient (Wildman–Crippen LogP) is 3.22. The van der Waals surface area contributed by atoms with E-state index in [2.05, 4.69) is 10.5 Å². The number of nitro groups is 1. The Balaban J connectivity index is 1.77. The van der Waals surface area contributed by atoms with Crippen LogP contribution in [0.4, 0.5) is 11.4 Å². The lowest BCUT2D eigenvalue weighted by molar-refractivity contribution is -0.384. The van der Waals surface area contributed by atoms with E-state index in [9.17, 15) is 18.5 Å². The minimum Gasteiger partial charge on any atom is -0.494 e. The minimum atomic E-state index is -3.73. The van der Waals surface area contributed by atoms with Crippen molar-refractivity contribution in [1.29, 1.82) is 0 Å². The second-order valence-electron chi connectivity index (χ2n) is 6.42. The Morgan fingerprint density at radius 1 is 1.21 bits per heavy atom. The van der Waals surface area contributed by atoms with Crippen LogP contribution in [0.3, 0.4) is 0 Å². The molecule has 1 N–H and O–H groups in total. The fourth-order valence-corrected chi connectivity index (χ4v) is 4.53. The third-order valence-electron chi connectivity index (χ3n) is 4.46. The van der Waals surface area contributed by atoms with Crippen LogP contribution in [0.15, 0.2) is 52.5 Å². The van der Waals surface area contributed by atoms with E-state index >= 15 is 0 Å². The summed E-state index contributed by atoms with van der Waals surface area (Å²) in [4.78, 5) is 10.7. The molecule has 1 saturated heterocycles. The summed E-state index contributed by atoms with van der Waals surface area (Å²) in [6.07, 6.45) is 3.09. The number of nitrogens with one attached hydrogen (secondary N) is 1. The van der Waals surface area contributed by atoms with E-state index in [-0.39, 0.29) is 16.3 Å². The maximum absolute atomic E-state index is 12.6. The van der Waals surface area contributed by atoms with E-state index in [1.165, 1.54) is 22.7 Å². The molecule has 10 heteroatoms. The van der Waals surface area contributed by atoms with E-state index in [0.29, 0.717) is 19.7 Å². The lowest BCUT2D eigenvalue weighted by atomic mass is 10.2. The summed E-state index contributed by atoms with van der Waals surface area (Å²) >= 11 is 0. The molecule has 0 aromatic heterocycles. The molecule has 1 aliphatic heterocycles. The van der Waals surface area contributed by atoms with Crippen molar-refractivity contribution in [2.24, 2.45) is 5.10 Å². The van der Waals surface area contributed by atoms with Crippen LogP contribution < -0.4 is 10.2 Å². The van der Waals surface area contributed by atoms with Crippen LogP contribution in [0.25, 0.3) is 0 Å². The van der Waals surface area contributed by atoms with Crippen molar-refractivity contribution >= 4 is 27.6 Å². The molecule has 1 fully saturated rings. The van der Waals surface area contributed by atoms with E-state index in [1.807, 2.05) is 6.92 Å². The van der Waals surface area contributed by atoms with Crippen molar-refractivity contribution in [3.8, 4) is 5.75 Å². The Bertz CT molecular complexity index is 1000. The van der Waals surface area contributed by atoms with Crippen LogP contribution in [0.1, 0.15) is 25.3 Å². The molecule has 2 aromatic rings. The SMILES string of the molecule is CCOc1ccc(C=NNc2ccc(S(=O)(=O)N3CCCC3)cc2[N+](=O)[O-])cc1. The normalized spacial score (nSPS) is 14.9. The van der Waals surface area contributed by atoms with Crippen LogP contribution >= 0.6 is 0 Å². The smallest absolute Gasteiger partial charge is 0.295 e. The Kier molecular flexibility index (Phi) is 6.45. The molecule has 2 aromatic carbocycles. The summed E-state index contributed by atoms with van der Waals surface area (Å²) in [5, 5.41) is 15.5. The predicted molar refractivity (Wildman–Crippen MR) is 110 cm³/mol. The van der Waals surface area contributed by atoms with Gasteiger partial charge in [-0.3, -0.25) is 15.5 Å². The van der Waals surface area contributed by atoms with Crippen molar-refractivity contribution in [2.75, 3.05) is 25.1 Å². The Morgan fingerprint density at radius 2 is 1.90 bits per heavy atom. The average Bonchev–Trinajstić information content (AvgIpc) is 3.25. The first kappa shape index (κ1) is 20.7. The standard InChI is InChI=1S/C19H22N4O5S/c1-2-28-16-7-5-15(6-8-16)14-20-21-18-10-9-17(13-19(18)23(24)25)29(26,27)22-11-3-4-12-22/h5-10,13-14,21H,2-4,11-12H2,1H3. The number of sulfonamides is 1. The van der Waals surface area contributed by atoms with Gasteiger partial charge in [-0.2, -0.15) is 9.41 Å². The van der Waals surface area contributed by atoms with Crippen molar-refractivity contribution in [1.82, 2.24) is 4.31 Å². The molecular weight excluding hydrogens is 396 g/mol. The molecule has 0 atom stereocenters. The zero-order valence-corrected chi connectivity index (χ0v) is 16.8. The van der Waals surface area contributed by atoms with Crippen LogP contribution in [-0.2, 0) is 10.0 Å². The molecule has 0 saturated carbocycles. The van der Waals surface area contributed by atoms with Crippen LogP contribution in [0, 0.1) is 10.1 Å². The molecule has 0 aliphatic carbocycles. The van der Waals surface area contributed by atoms with Gasteiger partial charge in [0.1, 0.15) is 11.4 Å². The maximum atomic E-state index is 12.6.